The standard InChI is InChI=1S/C12H14ClFN2OS/c1-8(18(2)17)7-16-11-5-9(14)3-4-10(11)15-12(16)6-13/h3-5,8H,6-7H2,1-2H3. The molecular weight excluding hydrogens is 275 g/mol. The van der Waals surface area contributed by atoms with Crippen LogP contribution >= 0.6 is 11.6 Å². The molecule has 98 valence electrons. The van der Waals surface area contributed by atoms with Crippen LogP contribution in [-0.2, 0) is 23.2 Å². The van der Waals surface area contributed by atoms with E-state index in [1.165, 1.54) is 12.1 Å². The summed E-state index contributed by atoms with van der Waals surface area (Å²) in [4.78, 5) is 4.35. The molecule has 2 aromatic rings. The molecule has 0 spiro atoms. The number of halogens is 2. The van der Waals surface area contributed by atoms with Crippen molar-refractivity contribution in [1.29, 1.82) is 0 Å². The average Bonchev–Trinajstić information content (AvgIpc) is 2.67. The summed E-state index contributed by atoms with van der Waals surface area (Å²) in [5, 5.41) is -0.0346. The van der Waals surface area contributed by atoms with Gasteiger partial charge in [0.05, 0.1) is 16.9 Å². The second-order valence-corrected chi connectivity index (χ2v) is 6.28. The minimum absolute atomic E-state index is 0.0346. The van der Waals surface area contributed by atoms with Gasteiger partial charge in [-0.15, -0.1) is 11.6 Å². The molecule has 0 fully saturated rings. The van der Waals surface area contributed by atoms with Crippen LogP contribution in [0.5, 0.6) is 0 Å². The number of alkyl halides is 1. The summed E-state index contributed by atoms with van der Waals surface area (Å²) < 4.78 is 26.6. The molecule has 6 heteroatoms. The third-order valence-electron chi connectivity index (χ3n) is 2.92. The minimum Gasteiger partial charge on any atom is -0.326 e. The maximum Gasteiger partial charge on any atom is 0.125 e. The van der Waals surface area contributed by atoms with E-state index in [9.17, 15) is 8.60 Å². The van der Waals surface area contributed by atoms with E-state index < -0.39 is 10.8 Å². The Labute approximate surface area is 112 Å². The van der Waals surface area contributed by atoms with E-state index in [1.54, 1.807) is 12.3 Å². The van der Waals surface area contributed by atoms with Crippen molar-refractivity contribution in [3.05, 3.63) is 29.8 Å². The molecule has 1 aromatic heterocycles. The fourth-order valence-corrected chi connectivity index (χ4v) is 2.38. The van der Waals surface area contributed by atoms with Crippen LogP contribution in [0, 0.1) is 5.82 Å². The Kier molecular flexibility index (Phi) is 4.02. The molecular formula is C12H14ClFN2OS. The van der Waals surface area contributed by atoms with E-state index in [1.807, 2.05) is 11.5 Å². The summed E-state index contributed by atoms with van der Waals surface area (Å²) in [5.41, 5.74) is 1.41. The van der Waals surface area contributed by atoms with E-state index in [2.05, 4.69) is 4.98 Å². The van der Waals surface area contributed by atoms with E-state index in [0.29, 0.717) is 23.4 Å². The maximum absolute atomic E-state index is 13.3. The largest absolute Gasteiger partial charge is 0.326 e. The Morgan fingerprint density at radius 2 is 2.28 bits per heavy atom. The van der Waals surface area contributed by atoms with Gasteiger partial charge in [-0.25, -0.2) is 9.37 Å². The summed E-state index contributed by atoms with van der Waals surface area (Å²) in [6.07, 6.45) is 1.66. The molecule has 0 saturated heterocycles. The molecule has 1 heterocycles. The van der Waals surface area contributed by atoms with Crippen LogP contribution in [0.4, 0.5) is 4.39 Å². The van der Waals surface area contributed by atoms with Gasteiger partial charge in [-0.2, -0.15) is 0 Å². The molecule has 2 rings (SSSR count). The fourth-order valence-electron chi connectivity index (χ4n) is 1.81. The lowest BCUT2D eigenvalue weighted by Gasteiger charge is -2.12. The fraction of sp³-hybridized carbons (Fsp3) is 0.417. The highest BCUT2D eigenvalue weighted by atomic mass is 35.5. The summed E-state index contributed by atoms with van der Waals surface area (Å²) >= 11 is 5.85. The number of rotatable bonds is 4. The molecule has 3 nitrogen and oxygen atoms in total. The first-order valence-corrected chi connectivity index (χ1v) is 7.71. The van der Waals surface area contributed by atoms with E-state index in [4.69, 9.17) is 11.6 Å². The van der Waals surface area contributed by atoms with Crippen LogP contribution in [0.3, 0.4) is 0 Å². The van der Waals surface area contributed by atoms with Crippen LogP contribution in [0.25, 0.3) is 11.0 Å². The van der Waals surface area contributed by atoms with Crippen LogP contribution < -0.4 is 0 Å². The molecule has 0 N–H and O–H groups in total. The van der Waals surface area contributed by atoms with Crippen LogP contribution in [-0.4, -0.2) is 25.3 Å². The Morgan fingerprint density at radius 1 is 1.56 bits per heavy atom. The van der Waals surface area contributed by atoms with E-state index in [-0.39, 0.29) is 16.9 Å². The highest BCUT2D eigenvalue weighted by molar-refractivity contribution is 7.84. The third kappa shape index (κ3) is 2.57. The molecule has 2 atom stereocenters. The predicted molar refractivity (Wildman–Crippen MR) is 72.8 cm³/mol. The van der Waals surface area contributed by atoms with Gasteiger partial charge in [0.1, 0.15) is 11.6 Å². The van der Waals surface area contributed by atoms with E-state index in [0.717, 1.165) is 0 Å². The highest BCUT2D eigenvalue weighted by Gasteiger charge is 2.15. The molecule has 0 amide bonds. The van der Waals surface area contributed by atoms with Gasteiger partial charge in [-0.05, 0) is 25.1 Å². The minimum atomic E-state index is -0.939. The van der Waals surface area contributed by atoms with Crippen LogP contribution in [0.15, 0.2) is 18.2 Å². The Morgan fingerprint density at radius 3 is 2.89 bits per heavy atom. The molecule has 18 heavy (non-hydrogen) atoms. The highest BCUT2D eigenvalue weighted by Crippen LogP contribution is 2.20. The van der Waals surface area contributed by atoms with Crippen molar-refractivity contribution in [3.63, 3.8) is 0 Å². The molecule has 0 saturated carbocycles. The van der Waals surface area contributed by atoms with Gasteiger partial charge in [0.15, 0.2) is 0 Å². The van der Waals surface area contributed by atoms with Gasteiger partial charge in [0, 0.05) is 28.9 Å². The van der Waals surface area contributed by atoms with Gasteiger partial charge in [-0.3, -0.25) is 4.21 Å². The van der Waals surface area contributed by atoms with E-state index >= 15 is 0 Å². The van der Waals surface area contributed by atoms with Crippen molar-refractivity contribution < 1.29 is 8.60 Å². The molecule has 0 bridgehead atoms. The molecule has 0 radical (unpaired) electrons. The third-order valence-corrected chi connectivity index (χ3v) is 4.44. The van der Waals surface area contributed by atoms with Crippen molar-refractivity contribution in [2.45, 2.75) is 24.6 Å². The number of nitrogens with zero attached hydrogens (tertiary/aromatic N) is 2. The quantitative estimate of drug-likeness (QED) is 0.811. The second-order valence-electron chi connectivity index (χ2n) is 4.21. The molecule has 0 aliphatic carbocycles. The number of hydrogen-bond donors (Lipinski definition) is 0. The summed E-state index contributed by atoms with van der Waals surface area (Å²) in [6, 6.07) is 4.44. The zero-order chi connectivity index (χ0) is 13.3. The van der Waals surface area contributed by atoms with Gasteiger partial charge in [-0.1, -0.05) is 0 Å². The Bertz CT molecular complexity index is 599. The Balaban J connectivity index is 2.52. The number of fused-ring (bicyclic) bond motifs is 1. The monoisotopic (exact) mass is 288 g/mol. The smallest absolute Gasteiger partial charge is 0.125 e. The zero-order valence-corrected chi connectivity index (χ0v) is 11.8. The van der Waals surface area contributed by atoms with Crippen LogP contribution in [0.2, 0.25) is 0 Å². The lowest BCUT2D eigenvalue weighted by atomic mass is 10.3. The van der Waals surface area contributed by atoms with Gasteiger partial charge < -0.3 is 4.57 Å². The molecule has 1 aromatic carbocycles. The van der Waals surface area contributed by atoms with Crippen molar-refractivity contribution in [1.82, 2.24) is 9.55 Å². The summed E-state index contributed by atoms with van der Waals surface area (Å²) in [7, 11) is -0.939. The Hall–Kier alpha value is -0.940. The molecule has 0 aliphatic heterocycles. The number of aromatic nitrogens is 2. The maximum atomic E-state index is 13.3. The first kappa shape index (κ1) is 13.5. The number of benzene rings is 1. The topological polar surface area (TPSA) is 34.9 Å². The van der Waals surface area contributed by atoms with Gasteiger partial charge in [0.25, 0.3) is 0 Å². The first-order valence-electron chi connectivity index (χ1n) is 5.55. The van der Waals surface area contributed by atoms with Crippen molar-refractivity contribution in [2.24, 2.45) is 0 Å². The number of imidazole rings is 1. The summed E-state index contributed by atoms with van der Waals surface area (Å²) in [5.74, 6) is 0.615. The molecule has 2 unspecified atom stereocenters. The normalized spacial score (nSPS) is 14.9. The predicted octanol–water partition coefficient (Wildman–Crippen LogP) is 2.68. The number of hydrogen-bond acceptors (Lipinski definition) is 2. The van der Waals surface area contributed by atoms with Crippen molar-refractivity contribution >= 4 is 33.4 Å². The summed E-state index contributed by atoms with van der Waals surface area (Å²) in [6.45, 7) is 2.41. The van der Waals surface area contributed by atoms with Gasteiger partial charge in [0.2, 0.25) is 0 Å². The average molecular weight is 289 g/mol. The first-order chi connectivity index (χ1) is 8.52. The second kappa shape index (κ2) is 5.36. The lowest BCUT2D eigenvalue weighted by molar-refractivity contribution is 0.624. The molecule has 0 aliphatic rings. The van der Waals surface area contributed by atoms with Crippen molar-refractivity contribution in [3.8, 4) is 0 Å². The van der Waals surface area contributed by atoms with Crippen LogP contribution in [0.1, 0.15) is 12.7 Å². The SMILES string of the molecule is CC(Cn1c(CCl)nc2ccc(F)cc21)S(C)=O. The lowest BCUT2D eigenvalue weighted by Crippen LogP contribution is -2.18. The zero-order valence-electron chi connectivity index (χ0n) is 10.2. The van der Waals surface area contributed by atoms with Gasteiger partial charge >= 0.3 is 0 Å². The van der Waals surface area contributed by atoms with Crippen molar-refractivity contribution in [2.75, 3.05) is 6.26 Å².